The monoisotopic (exact) mass is 404 g/mol. The van der Waals surface area contributed by atoms with Gasteiger partial charge in [0.1, 0.15) is 11.8 Å². The van der Waals surface area contributed by atoms with Crippen molar-refractivity contribution in [2.75, 3.05) is 10.6 Å². The van der Waals surface area contributed by atoms with E-state index in [9.17, 15) is 4.79 Å². The molecule has 0 spiro atoms. The summed E-state index contributed by atoms with van der Waals surface area (Å²) in [6, 6.07) is 14.9. The maximum Gasteiger partial charge on any atom is 0.255 e. The second kappa shape index (κ2) is 7.98. The van der Waals surface area contributed by atoms with Gasteiger partial charge >= 0.3 is 0 Å². The predicted molar refractivity (Wildman–Crippen MR) is 114 cm³/mol. The molecule has 0 fully saturated rings. The van der Waals surface area contributed by atoms with Crippen molar-refractivity contribution >= 4 is 17.5 Å². The van der Waals surface area contributed by atoms with Crippen LogP contribution in [-0.4, -0.2) is 32.2 Å². The number of nitrogens with one attached hydrogen (secondary N) is 2. The first-order valence-electron chi connectivity index (χ1n) is 9.82. The normalized spacial score (nSPS) is 15.6. The van der Waals surface area contributed by atoms with Crippen LogP contribution in [0.1, 0.15) is 37.9 Å². The van der Waals surface area contributed by atoms with Gasteiger partial charge in [0.05, 0.1) is 11.7 Å². The van der Waals surface area contributed by atoms with Gasteiger partial charge < -0.3 is 15.4 Å². The lowest BCUT2D eigenvalue weighted by molar-refractivity contribution is -0.113. The highest BCUT2D eigenvalue weighted by molar-refractivity contribution is 6.06. The molecule has 0 saturated carbocycles. The molecule has 0 aliphatic carbocycles. The van der Waals surface area contributed by atoms with E-state index in [1.807, 2.05) is 76.2 Å². The van der Waals surface area contributed by atoms with Crippen molar-refractivity contribution in [3.8, 4) is 5.75 Å². The minimum Gasteiger partial charge on any atom is -0.491 e. The average molecular weight is 404 g/mol. The van der Waals surface area contributed by atoms with E-state index in [4.69, 9.17) is 4.74 Å². The molecule has 1 unspecified atom stereocenters. The lowest BCUT2D eigenvalue weighted by atomic mass is 9.95. The Hall–Kier alpha value is -3.68. The minimum atomic E-state index is -0.464. The van der Waals surface area contributed by atoms with Crippen molar-refractivity contribution in [1.29, 1.82) is 0 Å². The summed E-state index contributed by atoms with van der Waals surface area (Å²) in [4.78, 5) is 13.3. The van der Waals surface area contributed by atoms with E-state index < -0.39 is 6.04 Å². The zero-order valence-corrected chi connectivity index (χ0v) is 17.4. The molecule has 1 aliphatic rings. The number of aryl methyl sites for hydroxylation is 1. The molecule has 0 saturated heterocycles. The molecule has 2 N–H and O–H groups in total. The van der Waals surface area contributed by atoms with Gasteiger partial charge in [-0.2, -0.15) is 4.68 Å². The molecule has 154 valence electrons. The van der Waals surface area contributed by atoms with Crippen LogP contribution in [0.3, 0.4) is 0 Å². The number of tetrazole rings is 1. The van der Waals surface area contributed by atoms with E-state index in [2.05, 4.69) is 26.2 Å². The highest BCUT2D eigenvalue weighted by atomic mass is 16.5. The lowest BCUT2D eigenvalue weighted by Crippen LogP contribution is -2.31. The molecule has 2 heterocycles. The number of aromatic nitrogens is 4. The Labute approximate surface area is 174 Å². The molecule has 1 aliphatic heterocycles. The quantitative estimate of drug-likeness (QED) is 0.673. The number of amides is 1. The first-order chi connectivity index (χ1) is 14.4. The molecule has 4 rings (SSSR count). The Balaban J connectivity index is 1.71. The minimum absolute atomic E-state index is 0.0821. The van der Waals surface area contributed by atoms with E-state index in [1.165, 1.54) is 0 Å². The predicted octanol–water partition coefficient (Wildman–Crippen LogP) is 3.70. The summed E-state index contributed by atoms with van der Waals surface area (Å²) >= 11 is 0. The molecule has 1 aromatic heterocycles. The van der Waals surface area contributed by atoms with E-state index in [0.29, 0.717) is 17.2 Å². The van der Waals surface area contributed by atoms with Gasteiger partial charge in [0.15, 0.2) is 0 Å². The Bertz CT molecular complexity index is 1100. The number of nitrogens with zero attached hydrogens (tertiary/aromatic N) is 4. The molecular weight excluding hydrogens is 380 g/mol. The van der Waals surface area contributed by atoms with Crippen molar-refractivity contribution in [1.82, 2.24) is 20.2 Å². The summed E-state index contributed by atoms with van der Waals surface area (Å²) in [6.07, 6.45) is 0.0821. The van der Waals surface area contributed by atoms with E-state index in [1.54, 1.807) is 4.68 Å². The summed E-state index contributed by atoms with van der Waals surface area (Å²) < 4.78 is 7.37. The fourth-order valence-electron chi connectivity index (χ4n) is 3.54. The topological polar surface area (TPSA) is 94.0 Å². The van der Waals surface area contributed by atoms with Crippen LogP contribution in [0, 0.1) is 6.92 Å². The number of hydrogen-bond acceptors (Lipinski definition) is 6. The highest BCUT2D eigenvalue weighted by Crippen LogP contribution is 2.35. The van der Waals surface area contributed by atoms with Crippen LogP contribution < -0.4 is 15.4 Å². The summed E-state index contributed by atoms with van der Waals surface area (Å²) in [5.41, 5.74) is 3.95. The average Bonchev–Trinajstić information content (AvgIpc) is 3.15. The van der Waals surface area contributed by atoms with Crippen molar-refractivity contribution < 1.29 is 9.53 Å². The Morgan fingerprint density at radius 3 is 2.63 bits per heavy atom. The third-order valence-electron chi connectivity index (χ3n) is 4.80. The number of ether oxygens (including phenoxy) is 1. The molecular formula is C22H24N6O2. The van der Waals surface area contributed by atoms with Crippen LogP contribution in [-0.2, 0) is 4.79 Å². The van der Waals surface area contributed by atoms with Crippen LogP contribution in [0.15, 0.2) is 59.8 Å². The van der Waals surface area contributed by atoms with Crippen LogP contribution in [0.4, 0.5) is 11.6 Å². The standard InChI is InChI=1S/C22H24N6O2/c1-13(2)30-18-10-8-16(9-11-18)20-19(15(4)23-22-25-26-27-28(20)22)21(29)24-17-7-5-6-14(3)12-17/h5-13,20H,1-4H3,(H,24,29)(H,23,25,27). The van der Waals surface area contributed by atoms with Crippen molar-refractivity contribution in [2.24, 2.45) is 0 Å². The third kappa shape index (κ3) is 3.89. The number of carbonyl (C=O) groups is 1. The number of rotatable bonds is 5. The zero-order valence-electron chi connectivity index (χ0n) is 17.4. The summed E-state index contributed by atoms with van der Waals surface area (Å²) in [5, 5.41) is 18.1. The smallest absolute Gasteiger partial charge is 0.255 e. The third-order valence-corrected chi connectivity index (χ3v) is 4.80. The molecule has 8 heteroatoms. The number of benzene rings is 2. The fourth-order valence-corrected chi connectivity index (χ4v) is 3.54. The van der Waals surface area contributed by atoms with Gasteiger partial charge in [-0.25, -0.2) is 0 Å². The number of anilines is 2. The van der Waals surface area contributed by atoms with Gasteiger partial charge in [-0.1, -0.05) is 29.4 Å². The molecule has 0 radical (unpaired) electrons. The van der Waals surface area contributed by atoms with E-state index in [-0.39, 0.29) is 12.0 Å². The molecule has 1 atom stereocenters. The van der Waals surface area contributed by atoms with Crippen molar-refractivity contribution in [3.63, 3.8) is 0 Å². The molecule has 1 amide bonds. The zero-order chi connectivity index (χ0) is 21.3. The van der Waals surface area contributed by atoms with Gasteiger partial charge in [0.2, 0.25) is 5.95 Å². The number of fused-ring (bicyclic) bond motifs is 1. The second-order valence-corrected chi connectivity index (χ2v) is 7.57. The largest absolute Gasteiger partial charge is 0.491 e. The molecule has 30 heavy (non-hydrogen) atoms. The summed E-state index contributed by atoms with van der Waals surface area (Å²) in [5.74, 6) is 1.05. The van der Waals surface area contributed by atoms with Gasteiger partial charge in [0.25, 0.3) is 5.91 Å². The van der Waals surface area contributed by atoms with Crippen LogP contribution in [0.2, 0.25) is 0 Å². The number of allylic oxidation sites excluding steroid dienone is 1. The van der Waals surface area contributed by atoms with E-state index in [0.717, 1.165) is 22.6 Å². The number of carbonyl (C=O) groups excluding carboxylic acids is 1. The summed E-state index contributed by atoms with van der Waals surface area (Å²) in [7, 11) is 0. The number of hydrogen-bond donors (Lipinski definition) is 2. The van der Waals surface area contributed by atoms with Crippen molar-refractivity contribution in [3.05, 3.63) is 70.9 Å². The van der Waals surface area contributed by atoms with Gasteiger partial charge in [-0.15, -0.1) is 0 Å². The van der Waals surface area contributed by atoms with Crippen molar-refractivity contribution in [2.45, 2.75) is 39.8 Å². The van der Waals surface area contributed by atoms with Crippen LogP contribution in [0.5, 0.6) is 5.75 Å². The Morgan fingerprint density at radius 1 is 1.17 bits per heavy atom. The SMILES string of the molecule is CC1=C(C(=O)Nc2cccc(C)c2)C(c2ccc(OC(C)C)cc2)n2nnnc2N1. The summed E-state index contributed by atoms with van der Waals surface area (Å²) in [6.45, 7) is 7.80. The van der Waals surface area contributed by atoms with Gasteiger partial charge in [0, 0.05) is 11.4 Å². The highest BCUT2D eigenvalue weighted by Gasteiger charge is 2.34. The van der Waals surface area contributed by atoms with Gasteiger partial charge in [-0.05, 0) is 73.5 Å². The lowest BCUT2D eigenvalue weighted by Gasteiger charge is -2.28. The fraction of sp³-hybridized carbons (Fsp3) is 0.273. The first kappa shape index (κ1) is 19.6. The maximum absolute atomic E-state index is 13.3. The van der Waals surface area contributed by atoms with Crippen LogP contribution in [0.25, 0.3) is 0 Å². The molecule has 2 aromatic carbocycles. The van der Waals surface area contributed by atoms with E-state index >= 15 is 0 Å². The second-order valence-electron chi connectivity index (χ2n) is 7.57. The van der Waals surface area contributed by atoms with Gasteiger partial charge in [-0.3, -0.25) is 4.79 Å². The maximum atomic E-state index is 13.3. The molecule has 0 bridgehead atoms. The first-order valence-corrected chi connectivity index (χ1v) is 9.82. The Kier molecular flexibility index (Phi) is 5.22. The molecule has 3 aromatic rings. The van der Waals surface area contributed by atoms with Crippen LogP contribution >= 0.6 is 0 Å². The Morgan fingerprint density at radius 2 is 1.93 bits per heavy atom. The molecule has 8 nitrogen and oxygen atoms in total.